The van der Waals surface area contributed by atoms with E-state index < -0.39 is 6.03 Å². The lowest BCUT2D eigenvalue weighted by atomic mass is 10.2. The molecule has 0 aliphatic carbocycles. The van der Waals surface area contributed by atoms with Gasteiger partial charge in [0.2, 0.25) is 5.91 Å². The minimum Gasteiger partial charge on any atom is -0.338 e. The van der Waals surface area contributed by atoms with Gasteiger partial charge in [0.05, 0.1) is 6.54 Å². The van der Waals surface area contributed by atoms with Gasteiger partial charge in [0.15, 0.2) is 0 Å². The molecule has 0 aromatic rings. The van der Waals surface area contributed by atoms with Crippen LogP contribution in [0.25, 0.3) is 0 Å². The molecule has 3 amide bonds. The van der Waals surface area contributed by atoms with Crippen LogP contribution < -0.4 is 16.0 Å². The SMILES string of the molecule is CC(C)CNC(=O)NC(=O)CN1CCNC[C@H]1C. The summed E-state index contributed by atoms with van der Waals surface area (Å²) in [6.07, 6.45) is 0. The Morgan fingerprint density at radius 3 is 2.78 bits per heavy atom. The molecule has 6 nitrogen and oxygen atoms in total. The van der Waals surface area contributed by atoms with Crippen LogP contribution in [-0.2, 0) is 4.79 Å². The van der Waals surface area contributed by atoms with Gasteiger partial charge in [0, 0.05) is 32.2 Å². The molecule has 0 unspecified atom stereocenters. The first-order chi connectivity index (χ1) is 8.49. The zero-order valence-corrected chi connectivity index (χ0v) is 11.5. The lowest BCUT2D eigenvalue weighted by Gasteiger charge is -2.33. The van der Waals surface area contributed by atoms with Gasteiger partial charge in [0.25, 0.3) is 0 Å². The van der Waals surface area contributed by atoms with Crippen LogP contribution in [0.1, 0.15) is 20.8 Å². The van der Waals surface area contributed by atoms with Crippen molar-refractivity contribution in [2.24, 2.45) is 5.92 Å². The Morgan fingerprint density at radius 1 is 1.44 bits per heavy atom. The van der Waals surface area contributed by atoms with Crippen molar-refractivity contribution in [3.8, 4) is 0 Å². The summed E-state index contributed by atoms with van der Waals surface area (Å²) >= 11 is 0. The highest BCUT2D eigenvalue weighted by molar-refractivity contribution is 5.95. The fourth-order valence-corrected chi connectivity index (χ4v) is 1.81. The number of urea groups is 1. The largest absolute Gasteiger partial charge is 0.338 e. The highest BCUT2D eigenvalue weighted by Crippen LogP contribution is 2.00. The van der Waals surface area contributed by atoms with Crippen LogP contribution in [0.4, 0.5) is 4.79 Å². The van der Waals surface area contributed by atoms with E-state index in [1.165, 1.54) is 0 Å². The quantitative estimate of drug-likeness (QED) is 0.649. The molecule has 1 aliphatic heterocycles. The number of imide groups is 1. The molecule has 1 heterocycles. The molecule has 104 valence electrons. The Morgan fingerprint density at radius 2 is 2.17 bits per heavy atom. The first kappa shape index (κ1) is 14.9. The molecule has 1 saturated heterocycles. The van der Waals surface area contributed by atoms with E-state index in [0.717, 1.165) is 19.6 Å². The van der Waals surface area contributed by atoms with Gasteiger partial charge in [-0.3, -0.25) is 15.0 Å². The number of nitrogens with zero attached hydrogens (tertiary/aromatic N) is 1. The fourth-order valence-electron chi connectivity index (χ4n) is 1.81. The van der Waals surface area contributed by atoms with Gasteiger partial charge in [0.1, 0.15) is 0 Å². The third kappa shape index (κ3) is 5.46. The second-order valence-corrected chi connectivity index (χ2v) is 5.18. The van der Waals surface area contributed by atoms with E-state index in [9.17, 15) is 9.59 Å². The number of rotatable bonds is 4. The molecule has 0 bridgehead atoms. The fraction of sp³-hybridized carbons (Fsp3) is 0.833. The second kappa shape index (κ2) is 7.33. The number of hydrogen-bond donors (Lipinski definition) is 3. The maximum Gasteiger partial charge on any atom is 0.321 e. The molecule has 1 fully saturated rings. The Bertz CT molecular complexity index is 294. The topological polar surface area (TPSA) is 73.5 Å². The second-order valence-electron chi connectivity index (χ2n) is 5.18. The monoisotopic (exact) mass is 256 g/mol. The highest BCUT2D eigenvalue weighted by Gasteiger charge is 2.20. The van der Waals surface area contributed by atoms with Gasteiger partial charge in [-0.25, -0.2) is 4.79 Å². The van der Waals surface area contributed by atoms with E-state index in [1.54, 1.807) is 0 Å². The number of nitrogens with one attached hydrogen (secondary N) is 3. The lowest BCUT2D eigenvalue weighted by Crippen LogP contribution is -2.54. The first-order valence-electron chi connectivity index (χ1n) is 6.51. The molecule has 1 rings (SSSR count). The van der Waals surface area contributed by atoms with Gasteiger partial charge < -0.3 is 10.6 Å². The smallest absolute Gasteiger partial charge is 0.321 e. The van der Waals surface area contributed by atoms with E-state index in [2.05, 4.69) is 27.8 Å². The molecule has 0 saturated carbocycles. The van der Waals surface area contributed by atoms with Crippen LogP contribution in [0, 0.1) is 5.92 Å². The van der Waals surface area contributed by atoms with Gasteiger partial charge in [-0.15, -0.1) is 0 Å². The van der Waals surface area contributed by atoms with E-state index in [0.29, 0.717) is 18.5 Å². The Kier molecular flexibility index (Phi) is 6.07. The summed E-state index contributed by atoms with van der Waals surface area (Å²) in [5, 5.41) is 8.27. The van der Waals surface area contributed by atoms with Crippen LogP contribution >= 0.6 is 0 Å². The Balaban J connectivity index is 2.25. The number of hydrogen-bond acceptors (Lipinski definition) is 4. The Hall–Kier alpha value is -1.14. The third-order valence-electron chi connectivity index (χ3n) is 2.91. The maximum atomic E-state index is 11.7. The summed E-state index contributed by atoms with van der Waals surface area (Å²) in [4.78, 5) is 25.2. The average Bonchev–Trinajstić information content (AvgIpc) is 2.29. The molecular weight excluding hydrogens is 232 g/mol. The molecule has 0 aromatic carbocycles. The number of carbonyl (C=O) groups excluding carboxylic acids is 2. The molecule has 6 heteroatoms. The third-order valence-corrected chi connectivity index (χ3v) is 2.91. The molecule has 0 radical (unpaired) electrons. The number of carbonyl (C=O) groups is 2. The van der Waals surface area contributed by atoms with Crippen LogP contribution in [0.15, 0.2) is 0 Å². The van der Waals surface area contributed by atoms with Crippen LogP contribution in [0.3, 0.4) is 0 Å². The minimum atomic E-state index is -0.406. The van der Waals surface area contributed by atoms with Crippen molar-refractivity contribution >= 4 is 11.9 Å². The maximum absolute atomic E-state index is 11.7. The first-order valence-corrected chi connectivity index (χ1v) is 6.51. The van der Waals surface area contributed by atoms with Crippen molar-refractivity contribution in [1.29, 1.82) is 0 Å². The summed E-state index contributed by atoms with van der Waals surface area (Å²) in [5.74, 6) is 0.129. The summed E-state index contributed by atoms with van der Waals surface area (Å²) in [5.41, 5.74) is 0. The summed E-state index contributed by atoms with van der Waals surface area (Å²) < 4.78 is 0. The van der Waals surface area contributed by atoms with Crippen molar-refractivity contribution in [2.45, 2.75) is 26.8 Å². The Labute approximate surface area is 108 Å². The van der Waals surface area contributed by atoms with Crippen molar-refractivity contribution in [3.05, 3.63) is 0 Å². The zero-order valence-electron chi connectivity index (χ0n) is 11.5. The van der Waals surface area contributed by atoms with E-state index in [4.69, 9.17) is 0 Å². The summed E-state index contributed by atoms with van der Waals surface area (Å²) in [6.45, 7) is 9.53. The normalized spacial score (nSPS) is 20.8. The summed E-state index contributed by atoms with van der Waals surface area (Å²) in [7, 11) is 0. The minimum absolute atomic E-state index is 0.245. The summed E-state index contributed by atoms with van der Waals surface area (Å²) in [6, 6.07) is -0.0836. The molecule has 1 atom stereocenters. The van der Waals surface area contributed by atoms with Crippen molar-refractivity contribution in [3.63, 3.8) is 0 Å². The van der Waals surface area contributed by atoms with Gasteiger partial charge >= 0.3 is 6.03 Å². The molecule has 0 spiro atoms. The van der Waals surface area contributed by atoms with Crippen molar-refractivity contribution < 1.29 is 9.59 Å². The zero-order chi connectivity index (χ0) is 13.5. The van der Waals surface area contributed by atoms with Crippen LogP contribution in [0.5, 0.6) is 0 Å². The molecule has 1 aliphatic rings. The van der Waals surface area contributed by atoms with Crippen LogP contribution in [0.2, 0.25) is 0 Å². The molecule has 18 heavy (non-hydrogen) atoms. The van der Waals surface area contributed by atoms with E-state index in [-0.39, 0.29) is 12.5 Å². The van der Waals surface area contributed by atoms with Crippen LogP contribution in [-0.4, -0.2) is 55.6 Å². The van der Waals surface area contributed by atoms with Crippen molar-refractivity contribution in [2.75, 3.05) is 32.7 Å². The number of amides is 3. The molecular formula is C12H24N4O2. The lowest BCUT2D eigenvalue weighted by molar-refractivity contribution is -0.121. The molecule has 3 N–H and O–H groups in total. The highest BCUT2D eigenvalue weighted by atomic mass is 16.2. The van der Waals surface area contributed by atoms with E-state index >= 15 is 0 Å². The van der Waals surface area contributed by atoms with Gasteiger partial charge in [-0.05, 0) is 12.8 Å². The standard InChI is InChI=1S/C12H24N4O2/c1-9(2)6-14-12(18)15-11(17)8-16-5-4-13-7-10(16)3/h9-10,13H,4-8H2,1-3H3,(H2,14,15,17,18)/t10-/m1/s1. The predicted octanol–water partition coefficient (Wildman–Crippen LogP) is -0.238. The van der Waals surface area contributed by atoms with E-state index in [1.807, 2.05) is 13.8 Å². The van der Waals surface area contributed by atoms with Gasteiger partial charge in [-0.1, -0.05) is 13.8 Å². The molecule has 0 aromatic heterocycles. The van der Waals surface area contributed by atoms with Crippen molar-refractivity contribution in [1.82, 2.24) is 20.9 Å². The predicted molar refractivity (Wildman–Crippen MR) is 70.3 cm³/mol. The number of piperazine rings is 1. The van der Waals surface area contributed by atoms with Gasteiger partial charge in [-0.2, -0.15) is 0 Å². The average molecular weight is 256 g/mol.